The molecule has 2 saturated heterocycles. The number of likely N-dealkylation sites (tertiary alicyclic amines) is 2. The van der Waals surface area contributed by atoms with E-state index in [1.54, 1.807) is 11.3 Å². The van der Waals surface area contributed by atoms with E-state index >= 15 is 0 Å². The van der Waals surface area contributed by atoms with Gasteiger partial charge in [-0.1, -0.05) is 31.7 Å². The Morgan fingerprint density at radius 2 is 1.78 bits per heavy atom. The monoisotopic (exact) mass is 586 g/mol. The lowest BCUT2D eigenvalue weighted by Gasteiger charge is -2.41. The first-order valence-corrected chi connectivity index (χ1v) is 16.9. The summed E-state index contributed by atoms with van der Waals surface area (Å²) in [5.41, 5.74) is 6.26. The summed E-state index contributed by atoms with van der Waals surface area (Å²) in [6.45, 7) is 3.52. The van der Waals surface area contributed by atoms with Crippen molar-refractivity contribution in [3.63, 3.8) is 0 Å². The summed E-state index contributed by atoms with van der Waals surface area (Å²) >= 11 is 1.61. The number of thiophene rings is 1. The van der Waals surface area contributed by atoms with Crippen molar-refractivity contribution >= 4 is 29.2 Å². The predicted octanol–water partition coefficient (Wildman–Crippen LogP) is 3.59. The first kappa shape index (κ1) is 30.3. The largest absolute Gasteiger partial charge is 0.351 e. The number of amides is 4. The maximum atomic E-state index is 13.9. The molecule has 1 spiro atoms. The zero-order valence-corrected chi connectivity index (χ0v) is 25.4. The Balaban J connectivity index is 1.24. The second-order valence-corrected chi connectivity index (χ2v) is 13.9. The number of carbonyl (C=O) groups excluding carboxylic acids is 3. The van der Waals surface area contributed by atoms with Crippen molar-refractivity contribution in [3.05, 3.63) is 22.4 Å². The Morgan fingerprint density at radius 3 is 2.46 bits per heavy atom. The average molecular weight is 587 g/mol. The number of hydrogen-bond donors (Lipinski definition) is 4. The van der Waals surface area contributed by atoms with Crippen LogP contribution in [0.5, 0.6) is 0 Å². The Labute approximate surface area is 249 Å². The van der Waals surface area contributed by atoms with E-state index in [9.17, 15) is 14.4 Å². The Bertz CT molecular complexity index is 1000. The number of unbranched alkanes of at least 4 members (excludes halogenated alkanes) is 1. The summed E-state index contributed by atoms with van der Waals surface area (Å²) in [5, 5.41) is 12.0. The number of nitrogens with two attached hydrogens (primary N) is 1. The highest BCUT2D eigenvalue weighted by molar-refractivity contribution is 7.09. The molecule has 10 heteroatoms. The molecule has 3 heterocycles. The van der Waals surface area contributed by atoms with Gasteiger partial charge < -0.3 is 31.5 Å². The number of piperidine rings is 2. The number of hydrogen-bond acceptors (Lipinski definition) is 6. The van der Waals surface area contributed by atoms with Crippen molar-refractivity contribution in [3.8, 4) is 0 Å². The van der Waals surface area contributed by atoms with Gasteiger partial charge in [0.25, 0.3) is 0 Å². The summed E-state index contributed by atoms with van der Waals surface area (Å²) in [4.78, 5) is 45.7. The van der Waals surface area contributed by atoms with E-state index in [-0.39, 0.29) is 29.9 Å². The SMILES string of the molecule is NCCCC[C@@H](NC1CCCCC1)C(=O)N1CC[C@@H](NC(=O)N2CCC3(CC2)CC3)[C@@H](C(=O)NCc2cccs2)C1. The third kappa shape index (κ3) is 8.23. The molecule has 1 aromatic rings. The minimum absolute atomic E-state index is 0.0695. The molecule has 9 nitrogen and oxygen atoms in total. The molecule has 0 radical (unpaired) electrons. The molecule has 1 aromatic heterocycles. The molecule has 2 aliphatic carbocycles. The van der Waals surface area contributed by atoms with Crippen LogP contribution in [0.4, 0.5) is 4.79 Å². The first-order valence-electron chi connectivity index (χ1n) is 16.1. The number of urea groups is 1. The van der Waals surface area contributed by atoms with Crippen LogP contribution in [-0.4, -0.2) is 78.5 Å². The minimum Gasteiger partial charge on any atom is -0.351 e. The third-order valence-corrected chi connectivity index (χ3v) is 10.8. The molecule has 5 rings (SSSR count). The highest BCUT2D eigenvalue weighted by Crippen LogP contribution is 2.53. The van der Waals surface area contributed by atoms with E-state index in [0.29, 0.717) is 44.1 Å². The van der Waals surface area contributed by atoms with Gasteiger partial charge in [0.15, 0.2) is 0 Å². The van der Waals surface area contributed by atoms with Crippen molar-refractivity contribution in [1.82, 2.24) is 25.8 Å². The lowest BCUT2D eigenvalue weighted by atomic mass is 9.89. The number of nitrogens with zero attached hydrogens (tertiary/aromatic N) is 2. The van der Waals surface area contributed by atoms with Crippen LogP contribution in [0.3, 0.4) is 0 Å². The second kappa shape index (κ2) is 14.3. The molecule has 4 amide bonds. The molecule has 4 aliphatic rings. The Hall–Kier alpha value is -2.17. The maximum Gasteiger partial charge on any atom is 0.317 e. The molecule has 4 fully saturated rings. The summed E-state index contributed by atoms with van der Waals surface area (Å²) in [5.74, 6) is -0.508. The van der Waals surface area contributed by atoms with Crippen molar-refractivity contribution in [2.24, 2.45) is 17.1 Å². The van der Waals surface area contributed by atoms with Crippen molar-refractivity contribution in [2.45, 2.75) is 108 Å². The third-order valence-electron chi connectivity index (χ3n) is 9.94. The van der Waals surface area contributed by atoms with E-state index in [1.807, 2.05) is 27.3 Å². The summed E-state index contributed by atoms with van der Waals surface area (Å²) in [6, 6.07) is 3.73. The van der Waals surface area contributed by atoms with E-state index in [0.717, 1.165) is 62.9 Å². The van der Waals surface area contributed by atoms with Gasteiger partial charge in [-0.05, 0) is 81.2 Å². The van der Waals surface area contributed by atoms with Gasteiger partial charge in [0.2, 0.25) is 11.8 Å². The van der Waals surface area contributed by atoms with Crippen molar-refractivity contribution in [2.75, 3.05) is 32.7 Å². The molecule has 0 aromatic carbocycles. The van der Waals surface area contributed by atoms with Gasteiger partial charge in [0, 0.05) is 43.1 Å². The summed E-state index contributed by atoms with van der Waals surface area (Å²) < 4.78 is 0. The molecule has 2 saturated carbocycles. The lowest BCUT2D eigenvalue weighted by Crippen LogP contribution is -2.61. The molecule has 0 bridgehead atoms. The fraction of sp³-hybridized carbons (Fsp3) is 0.774. The topological polar surface area (TPSA) is 120 Å². The zero-order chi connectivity index (χ0) is 28.7. The smallest absolute Gasteiger partial charge is 0.317 e. The average Bonchev–Trinajstić information content (AvgIpc) is 3.53. The molecule has 3 atom stereocenters. The van der Waals surface area contributed by atoms with Gasteiger partial charge in [-0.3, -0.25) is 9.59 Å². The van der Waals surface area contributed by atoms with Crippen LogP contribution in [-0.2, 0) is 16.1 Å². The number of rotatable bonds is 11. The van der Waals surface area contributed by atoms with Crippen molar-refractivity contribution in [1.29, 1.82) is 0 Å². The van der Waals surface area contributed by atoms with E-state index in [1.165, 1.54) is 32.1 Å². The molecule has 41 heavy (non-hydrogen) atoms. The molecule has 228 valence electrons. The summed E-state index contributed by atoms with van der Waals surface area (Å²) in [7, 11) is 0. The predicted molar refractivity (Wildman–Crippen MR) is 162 cm³/mol. The fourth-order valence-electron chi connectivity index (χ4n) is 6.96. The van der Waals surface area contributed by atoms with E-state index < -0.39 is 5.92 Å². The van der Waals surface area contributed by atoms with E-state index in [2.05, 4.69) is 16.0 Å². The second-order valence-electron chi connectivity index (χ2n) is 12.9. The highest BCUT2D eigenvalue weighted by atomic mass is 32.1. The summed E-state index contributed by atoms with van der Waals surface area (Å²) in [6.07, 6.45) is 13.8. The van der Waals surface area contributed by atoms with E-state index in [4.69, 9.17) is 5.73 Å². The van der Waals surface area contributed by atoms with Crippen LogP contribution >= 0.6 is 11.3 Å². The molecule has 0 unspecified atom stereocenters. The fourth-order valence-corrected chi connectivity index (χ4v) is 7.61. The lowest BCUT2D eigenvalue weighted by molar-refractivity contribution is -0.138. The van der Waals surface area contributed by atoms with Gasteiger partial charge in [-0.2, -0.15) is 0 Å². The zero-order valence-electron chi connectivity index (χ0n) is 24.6. The standard InChI is InChI=1S/C31H50N6O3S/c32-16-5-4-10-27(34-23-7-2-1-3-8-23)29(39)37-17-11-26(25(22-37)28(38)33-21-24-9-6-20-41-24)35-30(40)36-18-14-31(12-13-31)15-19-36/h6,9,20,23,25-27,34H,1-5,7-8,10-19,21-22,32H2,(H,33,38)(H,35,40)/t25-,26+,27+/m0/s1. The molecule has 2 aliphatic heterocycles. The van der Waals surface area contributed by atoms with Crippen LogP contribution in [0.2, 0.25) is 0 Å². The van der Waals surface area contributed by atoms with Crippen LogP contribution in [0, 0.1) is 11.3 Å². The van der Waals surface area contributed by atoms with Crippen LogP contribution < -0.4 is 21.7 Å². The normalized spacial score (nSPS) is 25.1. The number of nitrogens with one attached hydrogen (secondary N) is 3. The van der Waals surface area contributed by atoms with Crippen molar-refractivity contribution < 1.29 is 14.4 Å². The van der Waals surface area contributed by atoms with Gasteiger partial charge in [-0.15, -0.1) is 11.3 Å². The van der Waals surface area contributed by atoms with Gasteiger partial charge >= 0.3 is 6.03 Å². The molecular formula is C31H50N6O3S. The Kier molecular flexibility index (Phi) is 10.6. The van der Waals surface area contributed by atoms with Crippen LogP contribution in [0.15, 0.2) is 17.5 Å². The minimum atomic E-state index is -0.490. The van der Waals surface area contributed by atoms with Gasteiger partial charge in [-0.25, -0.2) is 4.79 Å². The Morgan fingerprint density at radius 1 is 1.00 bits per heavy atom. The maximum absolute atomic E-state index is 13.9. The van der Waals surface area contributed by atoms with Crippen LogP contribution in [0.25, 0.3) is 0 Å². The quantitative estimate of drug-likeness (QED) is 0.296. The van der Waals surface area contributed by atoms with Crippen LogP contribution in [0.1, 0.15) is 88.3 Å². The molecule has 5 N–H and O–H groups in total. The number of carbonyl (C=O) groups is 3. The van der Waals surface area contributed by atoms with Gasteiger partial charge in [0.1, 0.15) is 0 Å². The highest BCUT2D eigenvalue weighted by Gasteiger charge is 2.46. The van der Waals surface area contributed by atoms with Gasteiger partial charge in [0.05, 0.1) is 18.5 Å². The molecular weight excluding hydrogens is 536 g/mol. The first-order chi connectivity index (χ1) is 20.0.